The van der Waals surface area contributed by atoms with Gasteiger partial charge in [0.2, 0.25) is 5.78 Å². The number of aromatic nitrogens is 1. The fourth-order valence-corrected chi connectivity index (χ4v) is 3.29. The standard InChI is InChI=1S/C24H17NO3/c26-23(18-12-10-17(11-13-18)14-16-6-2-1-3-7-16)22-20-9-5-4-8-19(20)21(15-25-22)24(27)28/h1-13,15H,14H2,(H,27,28). The van der Waals surface area contributed by atoms with E-state index in [1.165, 1.54) is 11.8 Å². The molecule has 0 spiro atoms. The third-order valence-electron chi connectivity index (χ3n) is 4.71. The quantitative estimate of drug-likeness (QED) is 0.517. The molecule has 0 saturated carbocycles. The summed E-state index contributed by atoms with van der Waals surface area (Å²) in [4.78, 5) is 28.6. The first-order valence-corrected chi connectivity index (χ1v) is 8.92. The van der Waals surface area contributed by atoms with Crippen LogP contribution in [-0.2, 0) is 6.42 Å². The lowest BCUT2D eigenvalue weighted by molar-refractivity contribution is 0.0698. The first kappa shape index (κ1) is 17.6. The average molecular weight is 367 g/mol. The normalized spacial score (nSPS) is 10.7. The Bertz CT molecular complexity index is 1170. The van der Waals surface area contributed by atoms with Crippen LogP contribution in [0.2, 0.25) is 0 Å². The second-order valence-corrected chi connectivity index (χ2v) is 6.56. The third-order valence-corrected chi connectivity index (χ3v) is 4.71. The van der Waals surface area contributed by atoms with E-state index in [9.17, 15) is 14.7 Å². The Hall–Kier alpha value is -3.79. The molecule has 0 fully saturated rings. The Morgan fingerprint density at radius 3 is 2.04 bits per heavy atom. The maximum Gasteiger partial charge on any atom is 0.337 e. The van der Waals surface area contributed by atoms with E-state index in [1.807, 2.05) is 30.3 Å². The van der Waals surface area contributed by atoms with Gasteiger partial charge in [0, 0.05) is 22.5 Å². The zero-order valence-corrected chi connectivity index (χ0v) is 15.0. The van der Waals surface area contributed by atoms with E-state index < -0.39 is 5.97 Å². The lowest BCUT2D eigenvalue weighted by Gasteiger charge is -2.08. The lowest BCUT2D eigenvalue weighted by atomic mass is 9.98. The van der Waals surface area contributed by atoms with Crippen molar-refractivity contribution in [3.05, 3.63) is 113 Å². The molecule has 4 nitrogen and oxygen atoms in total. The zero-order chi connectivity index (χ0) is 19.5. The predicted octanol–water partition coefficient (Wildman–Crippen LogP) is 4.75. The molecule has 0 aliphatic heterocycles. The minimum atomic E-state index is -1.06. The second-order valence-electron chi connectivity index (χ2n) is 6.56. The van der Waals surface area contributed by atoms with Crippen LogP contribution >= 0.6 is 0 Å². The summed E-state index contributed by atoms with van der Waals surface area (Å²) in [6.45, 7) is 0. The summed E-state index contributed by atoms with van der Waals surface area (Å²) in [7, 11) is 0. The summed E-state index contributed by atoms with van der Waals surface area (Å²) in [5, 5.41) is 10.4. The fourth-order valence-electron chi connectivity index (χ4n) is 3.29. The first-order chi connectivity index (χ1) is 13.6. The van der Waals surface area contributed by atoms with Gasteiger partial charge in [-0.3, -0.25) is 9.78 Å². The number of hydrogen-bond acceptors (Lipinski definition) is 3. The molecule has 0 bridgehead atoms. The van der Waals surface area contributed by atoms with Crippen LogP contribution in [0.25, 0.3) is 10.8 Å². The molecule has 1 heterocycles. The van der Waals surface area contributed by atoms with Crippen molar-refractivity contribution in [2.24, 2.45) is 0 Å². The summed E-state index contributed by atoms with van der Waals surface area (Å²) < 4.78 is 0. The van der Waals surface area contributed by atoms with E-state index in [1.54, 1.807) is 36.4 Å². The predicted molar refractivity (Wildman–Crippen MR) is 108 cm³/mol. The van der Waals surface area contributed by atoms with Gasteiger partial charge in [0.1, 0.15) is 5.69 Å². The highest BCUT2D eigenvalue weighted by Crippen LogP contribution is 2.23. The number of ketones is 1. The molecule has 136 valence electrons. The molecule has 0 aliphatic carbocycles. The van der Waals surface area contributed by atoms with Gasteiger partial charge in [-0.15, -0.1) is 0 Å². The van der Waals surface area contributed by atoms with Gasteiger partial charge in [-0.05, 0) is 17.5 Å². The highest BCUT2D eigenvalue weighted by Gasteiger charge is 2.18. The van der Waals surface area contributed by atoms with Gasteiger partial charge in [-0.2, -0.15) is 0 Å². The van der Waals surface area contributed by atoms with Crippen LogP contribution in [-0.4, -0.2) is 21.8 Å². The molecule has 0 amide bonds. The summed E-state index contributed by atoms with van der Waals surface area (Å²) in [5.74, 6) is -1.28. The molecule has 1 N–H and O–H groups in total. The fraction of sp³-hybridized carbons (Fsp3) is 0.0417. The van der Waals surface area contributed by atoms with Crippen molar-refractivity contribution < 1.29 is 14.7 Å². The highest BCUT2D eigenvalue weighted by molar-refractivity contribution is 6.17. The smallest absolute Gasteiger partial charge is 0.337 e. The van der Waals surface area contributed by atoms with Crippen LogP contribution in [0.1, 0.15) is 37.5 Å². The van der Waals surface area contributed by atoms with Crippen LogP contribution in [0.5, 0.6) is 0 Å². The number of benzene rings is 3. The van der Waals surface area contributed by atoms with Gasteiger partial charge in [-0.25, -0.2) is 4.79 Å². The van der Waals surface area contributed by atoms with E-state index in [0.29, 0.717) is 16.3 Å². The van der Waals surface area contributed by atoms with Crippen molar-refractivity contribution >= 4 is 22.5 Å². The van der Waals surface area contributed by atoms with Gasteiger partial charge in [0.05, 0.1) is 5.56 Å². The Labute approximate surface area is 162 Å². The molecule has 0 atom stereocenters. The number of hydrogen-bond donors (Lipinski definition) is 1. The van der Waals surface area contributed by atoms with E-state index in [0.717, 1.165) is 12.0 Å². The van der Waals surface area contributed by atoms with Gasteiger partial charge in [0.15, 0.2) is 0 Å². The molecule has 0 aliphatic rings. The number of nitrogens with zero attached hydrogens (tertiary/aromatic N) is 1. The van der Waals surface area contributed by atoms with Crippen molar-refractivity contribution in [2.45, 2.75) is 6.42 Å². The largest absolute Gasteiger partial charge is 0.478 e. The number of fused-ring (bicyclic) bond motifs is 1. The minimum Gasteiger partial charge on any atom is -0.478 e. The number of pyridine rings is 1. The molecule has 28 heavy (non-hydrogen) atoms. The van der Waals surface area contributed by atoms with Crippen molar-refractivity contribution in [1.29, 1.82) is 0 Å². The topological polar surface area (TPSA) is 67.3 Å². The molecule has 0 radical (unpaired) electrons. The Morgan fingerprint density at radius 2 is 1.36 bits per heavy atom. The maximum atomic E-state index is 13.0. The van der Waals surface area contributed by atoms with E-state index in [2.05, 4.69) is 17.1 Å². The van der Waals surface area contributed by atoms with Crippen molar-refractivity contribution in [3.63, 3.8) is 0 Å². The maximum absolute atomic E-state index is 13.0. The Kier molecular flexibility index (Phi) is 4.68. The van der Waals surface area contributed by atoms with Crippen LogP contribution in [0.15, 0.2) is 85.1 Å². The van der Waals surface area contributed by atoms with Crippen LogP contribution in [0, 0.1) is 0 Å². The molecular weight excluding hydrogens is 350 g/mol. The monoisotopic (exact) mass is 367 g/mol. The average Bonchev–Trinajstić information content (AvgIpc) is 2.73. The van der Waals surface area contributed by atoms with E-state index in [4.69, 9.17) is 0 Å². The molecule has 3 aromatic carbocycles. The number of aromatic carboxylic acids is 1. The highest BCUT2D eigenvalue weighted by atomic mass is 16.4. The van der Waals surface area contributed by atoms with Crippen LogP contribution < -0.4 is 0 Å². The molecule has 4 heteroatoms. The first-order valence-electron chi connectivity index (χ1n) is 8.92. The number of carbonyl (C=O) groups is 2. The zero-order valence-electron chi connectivity index (χ0n) is 15.0. The number of carboxylic acids is 1. The second kappa shape index (κ2) is 7.45. The molecule has 4 aromatic rings. The van der Waals surface area contributed by atoms with Gasteiger partial charge in [-0.1, -0.05) is 78.9 Å². The summed E-state index contributed by atoms with van der Waals surface area (Å²) in [5.41, 5.74) is 3.19. The van der Waals surface area contributed by atoms with Crippen molar-refractivity contribution in [1.82, 2.24) is 4.98 Å². The SMILES string of the molecule is O=C(O)c1cnc(C(=O)c2ccc(Cc3ccccc3)cc2)c2ccccc12. The lowest BCUT2D eigenvalue weighted by Crippen LogP contribution is -2.08. The summed E-state index contributed by atoms with van der Waals surface area (Å²) in [6.07, 6.45) is 2.05. The minimum absolute atomic E-state index is 0.0883. The third kappa shape index (κ3) is 3.40. The van der Waals surface area contributed by atoms with Crippen molar-refractivity contribution in [3.8, 4) is 0 Å². The van der Waals surface area contributed by atoms with E-state index in [-0.39, 0.29) is 17.0 Å². The summed E-state index contributed by atoms with van der Waals surface area (Å²) in [6, 6.07) is 24.5. The molecular formula is C24H17NO3. The van der Waals surface area contributed by atoms with Crippen LogP contribution in [0.4, 0.5) is 0 Å². The molecule has 4 rings (SSSR count). The van der Waals surface area contributed by atoms with Crippen molar-refractivity contribution in [2.75, 3.05) is 0 Å². The summed E-state index contributed by atoms with van der Waals surface area (Å²) >= 11 is 0. The van der Waals surface area contributed by atoms with Gasteiger partial charge >= 0.3 is 5.97 Å². The number of rotatable bonds is 5. The molecule has 1 aromatic heterocycles. The van der Waals surface area contributed by atoms with E-state index >= 15 is 0 Å². The van der Waals surface area contributed by atoms with Crippen LogP contribution in [0.3, 0.4) is 0 Å². The Balaban J connectivity index is 1.66. The molecule has 0 unspecified atom stereocenters. The number of carbonyl (C=O) groups excluding carboxylic acids is 1. The van der Waals surface area contributed by atoms with Gasteiger partial charge < -0.3 is 5.11 Å². The Morgan fingerprint density at radius 1 is 0.750 bits per heavy atom. The number of carboxylic acid groups (broad SMARTS) is 1. The van der Waals surface area contributed by atoms with Gasteiger partial charge in [0.25, 0.3) is 0 Å². The molecule has 0 saturated heterocycles.